The summed E-state index contributed by atoms with van der Waals surface area (Å²) in [6.07, 6.45) is 6.02. The van der Waals surface area contributed by atoms with Gasteiger partial charge in [-0.2, -0.15) is 5.10 Å². The molecule has 0 amide bonds. The summed E-state index contributed by atoms with van der Waals surface area (Å²) in [6, 6.07) is 0.491. The molecule has 94 valence electrons. The van der Waals surface area contributed by atoms with Gasteiger partial charge in [-0.1, -0.05) is 0 Å². The van der Waals surface area contributed by atoms with Crippen LogP contribution in [-0.4, -0.2) is 47.8 Å². The number of anilines is 1. The summed E-state index contributed by atoms with van der Waals surface area (Å²) in [5, 5.41) is 17.5. The third kappa shape index (κ3) is 2.97. The number of hydrogen-bond donors (Lipinski definition) is 3. The predicted molar refractivity (Wildman–Crippen MR) is 68.4 cm³/mol. The van der Waals surface area contributed by atoms with Crippen molar-refractivity contribution >= 4 is 11.6 Å². The van der Waals surface area contributed by atoms with E-state index in [0.29, 0.717) is 6.04 Å². The molecule has 0 saturated carbocycles. The maximum absolute atomic E-state index is 7.49. The van der Waals surface area contributed by atoms with Crippen LogP contribution in [0.1, 0.15) is 18.9 Å². The average molecular weight is 236 g/mol. The molecule has 0 spiro atoms. The van der Waals surface area contributed by atoms with Gasteiger partial charge in [-0.3, -0.25) is 10.1 Å². The molecule has 2 heterocycles. The quantitative estimate of drug-likeness (QED) is 0.522. The lowest BCUT2D eigenvalue weighted by atomic mass is 10.1. The van der Waals surface area contributed by atoms with Gasteiger partial charge >= 0.3 is 0 Å². The van der Waals surface area contributed by atoms with E-state index >= 15 is 0 Å². The Bertz CT molecular complexity index is 377. The molecule has 0 bridgehead atoms. The fraction of sp³-hybridized carbons (Fsp3) is 0.636. The van der Waals surface area contributed by atoms with Gasteiger partial charge in [0.15, 0.2) is 5.96 Å². The fourth-order valence-electron chi connectivity index (χ4n) is 2.07. The molecule has 1 aliphatic rings. The second kappa shape index (κ2) is 5.18. The molecule has 0 atom stereocenters. The van der Waals surface area contributed by atoms with Crippen molar-refractivity contribution < 1.29 is 0 Å². The van der Waals surface area contributed by atoms with E-state index in [1.54, 1.807) is 13.2 Å². The van der Waals surface area contributed by atoms with Gasteiger partial charge < -0.3 is 15.5 Å². The number of nitrogens with one attached hydrogen (secondary N) is 3. The monoisotopic (exact) mass is 236 g/mol. The second-order valence-corrected chi connectivity index (χ2v) is 4.49. The summed E-state index contributed by atoms with van der Waals surface area (Å²) in [6.45, 7) is 2.25. The van der Waals surface area contributed by atoms with Crippen molar-refractivity contribution in [1.82, 2.24) is 20.0 Å². The third-order valence-electron chi connectivity index (χ3n) is 3.18. The minimum atomic E-state index is 0.285. The van der Waals surface area contributed by atoms with Crippen molar-refractivity contribution in [2.24, 2.45) is 0 Å². The standard InChI is InChI=1S/C11H20N6/c1-13-11(12)15-9-7-14-17(8-9)10-3-5-16(2)6-4-10/h7-8,10H,3-6H2,1-2H3,(H3,12,13,15). The smallest absolute Gasteiger partial charge is 0.192 e. The molecule has 1 aliphatic heterocycles. The lowest BCUT2D eigenvalue weighted by molar-refractivity contribution is 0.212. The molecule has 1 fully saturated rings. The van der Waals surface area contributed by atoms with Gasteiger partial charge in [0.1, 0.15) is 0 Å². The van der Waals surface area contributed by atoms with Crippen LogP contribution in [0.15, 0.2) is 12.4 Å². The van der Waals surface area contributed by atoms with Crippen LogP contribution < -0.4 is 10.6 Å². The Labute approximate surface area is 101 Å². The van der Waals surface area contributed by atoms with E-state index in [1.165, 1.54) is 0 Å². The molecule has 0 unspecified atom stereocenters. The lowest BCUT2D eigenvalue weighted by Gasteiger charge is -2.28. The number of piperidine rings is 1. The molecule has 6 nitrogen and oxygen atoms in total. The van der Waals surface area contributed by atoms with Crippen molar-refractivity contribution in [1.29, 1.82) is 5.41 Å². The van der Waals surface area contributed by atoms with E-state index in [2.05, 4.69) is 27.7 Å². The van der Waals surface area contributed by atoms with Crippen LogP contribution in [0.4, 0.5) is 5.69 Å². The minimum Gasteiger partial charge on any atom is -0.359 e. The van der Waals surface area contributed by atoms with E-state index in [1.807, 2.05) is 10.9 Å². The zero-order valence-electron chi connectivity index (χ0n) is 10.4. The van der Waals surface area contributed by atoms with Crippen molar-refractivity contribution in [2.45, 2.75) is 18.9 Å². The second-order valence-electron chi connectivity index (χ2n) is 4.49. The van der Waals surface area contributed by atoms with Gasteiger partial charge in [-0.15, -0.1) is 0 Å². The predicted octanol–water partition coefficient (Wildman–Crippen LogP) is 0.716. The Kier molecular flexibility index (Phi) is 3.63. The summed E-state index contributed by atoms with van der Waals surface area (Å²) >= 11 is 0. The molecular weight excluding hydrogens is 216 g/mol. The molecule has 6 heteroatoms. The molecule has 0 radical (unpaired) electrons. The first-order valence-corrected chi connectivity index (χ1v) is 5.95. The Morgan fingerprint density at radius 1 is 1.47 bits per heavy atom. The molecule has 0 aromatic carbocycles. The maximum atomic E-state index is 7.49. The third-order valence-corrected chi connectivity index (χ3v) is 3.18. The van der Waals surface area contributed by atoms with Crippen molar-refractivity contribution in [3.05, 3.63) is 12.4 Å². The van der Waals surface area contributed by atoms with Crippen molar-refractivity contribution in [3.63, 3.8) is 0 Å². The lowest BCUT2D eigenvalue weighted by Crippen LogP contribution is -2.31. The number of nitrogens with zero attached hydrogens (tertiary/aromatic N) is 3. The van der Waals surface area contributed by atoms with Crippen LogP contribution in [0.3, 0.4) is 0 Å². The van der Waals surface area contributed by atoms with Crippen LogP contribution in [0.25, 0.3) is 0 Å². The molecule has 3 N–H and O–H groups in total. The van der Waals surface area contributed by atoms with Crippen LogP contribution in [0, 0.1) is 5.41 Å². The Morgan fingerprint density at radius 2 is 2.18 bits per heavy atom. The van der Waals surface area contributed by atoms with Crippen LogP contribution in [-0.2, 0) is 0 Å². The van der Waals surface area contributed by atoms with Gasteiger partial charge in [0.2, 0.25) is 0 Å². The summed E-state index contributed by atoms with van der Waals surface area (Å²) in [5.74, 6) is 0.285. The molecule has 0 aliphatic carbocycles. The normalized spacial score (nSPS) is 18.0. The van der Waals surface area contributed by atoms with E-state index in [0.717, 1.165) is 31.6 Å². The minimum absolute atomic E-state index is 0.285. The zero-order valence-corrected chi connectivity index (χ0v) is 10.4. The Hall–Kier alpha value is -1.56. The molecule has 2 rings (SSSR count). The Morgan fingerprint density at radius 3 is 2.82 bits per heavy atom. The zero-order chi connectivity index (χ0) is 12.3. The summed E-state index contributed by atoms with van der Waals surface area (Å²) in [5.41, 5.74) is 0.864. The highest BCUT2D eigenvalue weighted by molar-refractivity contribution is 5.90. The maximum Gasteiger partial charge on any atom is 0.192 e. The number of hydrogen-bond acceptors (Lipinski definition) is 3. The van der Waals surface area contributed by atoms with Crippen molar-refractivity contribution in [2.75, 3.05) is 32.5 Å². The van der Waals surface area contributed by atoms with Gasteiger partial charge in [0, 0.05) is 13.2 Å². The first kappa shape index (κ1) is 11.9. The van der Waals surface area contributed by atoms with Crippen LogP contribution in [0.2, 0.25) is 0 Å². The molecule has 1 aromatic rings. The topological polar surface area (TPSA) is 69.0 Å². The highest BCUT2D eigenvalue weighted by Gasteiger charge is 2.18. The van der Waals surface area contributed by atoms with Crippen LogP contribution in [0.5, 0.6) is 0 Å². The Balaban J connectivity index is 1.96. The summed E-state index contributed by atoms with van der Waals surface area (Å²) < 4.78 is 2.01. The highest BCUT2D eigenvalue weighted by atomic mass is 15.3. The summed E-state index contributed by atoms with van der Waals surface area (Å²) in [7, 11) is 3.87. The molecular formula is C11H20N6. The van der Waals surface area contributed by atoms with E-state index < -0.39 is 0 Å². The van der Waals surface area contributed by atoms with E-state index in [9.17, 15) is 0 Å². The van der Waals surface area contributed by atoms with Crippen LogP contribution >= 0.6 is 0 Å². The number of aromatic nitrogens is 2. The molecule has 1 aromatic heterocycles. The van der Waals surface area contributed by atoms with E-state index in [-0.39, 0.29) is 5.96 Å². The van der Waals surface area contributed by atoms with Gasteiger partial charge in [0.05, 0.1) is 17.9 Å². The van der Waals surface area contributed by atoms with Gasteiger partial charge in [0.25, 0.3) is 0 Å². The summed E-state index contributed by atoms with van der Waals surface area (Å²) in [4.78, 5) is 2.34. The molecule has 17 heavy (non-hydrogen) atoms. The molecule has 1 saturated heterocycles. The largest absolute Gasteiger partial charge is 0.359 e. The SMILES string of the molecule is CNC(=N)Nc1cnn(C2CCN(C)CC2)c1. The van der Waals surface area contributed by atoms with E-state index in [4.69, 9.17) is 5.41 Å². The first-order valence-electron chi connectivity index (χ1n) is 5.95. The number of likely N-dealkylation sites (tertiary alicyclic amines) is 1. The van der Waals surface area contributed by atoms with Crippen molar-refractivity contribution in [3.8, 4) is 0 Å². The van der Waals surface area contributed by atoms with Gasteiger partial charge in [-0.25, -0.2) is 0 Å². The number of rotatable bonds is 2. The average Bonchev–Trinajstić information content (AvgIpc) is 2.78. The first-order chi connectivity index (χ1) is 8.19. The highest BCUT2D eigenvalue weighted by Crippen LogP contribution is 2.22. The number of guanidine groups is 1. The fourth-order valence-corrected chi connectivity index (χ4v) is 2.07. The van der Waals surface area contributed by atoms with Gasteiger partial charge in [-0.05, 0) is 33.0 Å².